The van der Waals surface area contributed by atoms with Gasteiger partial charge in [-0.15, -0.1) is 0 Å². The van der Waals surface area contributed by atoms with E-state index in [9.17, 15) is 0 Å². The Labute approximate surface area is 146 Å². The second-order valence-corrected chi connectivity index (χ2v) is 6.26. The van der Waals surface area contributed by atoms with Gasteiger partial charge >= 0.3 is 0 Å². The highest BCUT2D eigenvalue weighted by molar-refractivity contribution is 5.51. The van der Waals surface area contributed by atoms with Crippen molar-refractivity contribution in [2.24, 2.45) is 7.05 Å². The summed E-state index contributed by atoms with van der Waals surface area (Å²) in [7, 11) is 2.04. The maximum absolute atomic E-state index is 5.39. The van der Waals surface area contributed by atoms with Crippen molar-refractivity contribution in [2.45, 2.75) is 13.1 Å². The predicted molar refractivity (Wildman–Crippen MR) is 91.3 cm³/mol. The van der Waals surface area contributed by atoms with Gasteiger partial charge in [0.05, 0.1) is 13.1 Å². The van der Waals surface area contributed by atoms with Gasteiger partial charge in [0.25, 0.3) is 0 Å². The van der Waals surface area contributed by atoms with Crippen molar-refractivity contribution in [2.75, 3.05) is 26.2 Å². The van der Waals surface area contributed by atoms with Gasteiger partial charge in [0.15, 0.2) is 0 Å². The third kappa shape index (κ3) is 3.75. The number of aryl methyl sites for hydroxylation is 1. The van der Waals surface area contributed by atoms with Crippen LogP contribution in [0.1, 0.15) is 11.7 Å². The fourth-order valence-electron chi connectivity index (χ4n) is 2.98. The minimum Gasteiger partial charge on any atom is -0.338 e. The molecule has 4 rings (SSSR count). The molecule has 0 N–H and O–H groups in total. The number of hydrogen-bond acceptors (Lipinski definition) is 7. The lowest BCUT2D eigenvalue weighted by molar-refractivity contribution is 0.109. The summed E-state index contributed by atoms with van der Waals surface area (Å²) in [5, 5.41) is 4.05. The van der Waals surface area contributed by atoms with Gasteiger partial charge in [-0.05, 0) is 12.1 Å². The summed E-state index contributed by atoms with van der Waals surface area (Å²) < 4.78 is 7.47. The van der Waals surface area contributed by atoms with Gasteiger partial charge in [-0.1, -0.05) is 5.16 Å². The van der Waals surface area contributed by atoms with Crippen molar-refractivity contribution in [3.8, 4) is 11.4 Å². The van der Waals surface area contributed by atoms with Gasteiger partial charge in [0.2, 0.25) is 11.7 Å². The first-order chi connectivity index (χ1) is 12.3. The fraction of sp³-hybridized carbons (Fsp3) is 0.412. The Hall–Kier alpha value is -2.58. The van der Waals surface area contributed by atoms with Crippen LogP contribution in [0, 0.1) is 0 Å². The number of pyridine rings is 1. The first-order valence-electron chi connectivity index (χ1n) is 8.42. The Morgan fingerprint density at radius 2 is 1.88 bits per heavy atom. The fourth-order valence-corrected chi connectivity index (χ4v) is 2.98. The highest BCUT2D eigenvalue weighted by Crippen LogP contribution is 2.15. The molecule has 8 nitrogen and oxygen atoms in total. The Balaban J connectivity index is 1.30. The summed E-state index contributed by atoms with van der Waals surface area (Å²) in [6.07, 6.45) is 7.31. The summed E-state index contributed by atoms with van der Waals surface area (Å²) in [5.41, 5.74) is 0.873. The molecule has 3 aromatic rings. The zero-order chi connectivity index (χ0) is 17.1. The van der Waals surface area contributed by atoms with E-state index in [1.165, 1.54) is 0 Å². The second kappa shape index (κ2) is 7.12. The normalized spacial score (nSPS) is 16.4. The Morgan fingerprint density at radius 3 is 2.56 bits per heavy atom. The molecule has 1 aliphatic rings. The first-order valence-corrected chi connectivity index (χ1v) is 8.42. The van der Waals surface area contributed by atoms with Crippen LogP contribution in [0.3, 0.4) is 0 Å². The summed E-state index contributed by atoms with van der Waals surface area (Å²) in [4.78, 5) is 17.7. The first kappa shape index (κ1) is 15.9. The number of aromatic nitrogens is 5. The molecule has 4 heterocycles. The lowest BCUT2D eigenvalue weighted by atomic mass is 10.3. The van der Waals surface area contributed by atoms with Gasteiger partial charge in [-0.2, -0.15) is 4.98 Å². The molecule has 0 aliphatic carbocycles. The van der Waals surface area contributed by atoms with Crippen molar-refractivity contribution in [3.05, 3.63) is 48.6 Å². The number of rotatable bonds is 5. The van der Waals surface area contributed by atoms with E-state index in [4.69, 9.17) is 4.52 Å². The molecule has 1 fully saturated rings. The number of hydrogen-bond donors (Lipinski definition) is 0. The van der Waals surface area contributed by atoms with Crippen molar-refractivity contribution < 1.29 is 4.52 Å². The average Bonchev–Trinajstić information content (AvgIpc) is 3.27. The number of piperazine rings is 1. The lowest BCUT2D eigenvalue weighted by Crippen LogP contribution is -2.45. The van der Waals surface area contributed by atoms with E-state index in [1.807, 2.05) is 31.6 Å². The van der Waals surface area contributed by atoms with Gasteiger partial charge in [0.1, 0.15) is 5.82 Å². The Kier molecular flexibility index (Phi) is 4.53. The van der Waals surface area contributed by atoms with Crippen LogP contribution < -0.4 is 0 Å². The monoisotopic (exact) mass is 339 g/mol. The van der Waals surface area contributed by atoms with Crippen LogP contribution >= 0.6 is 0 Å². The molecular weight excluding hydrogens is 318 g/mol. The molecule has 3 aromatic heterocycles. The molecule has 1 saturated heterocycles. The molecule has 0 unspecified atom stereocenters. The maximum atomic E-state index is 5.39. The Bertz CT molecular complexity index is 805. The largest absolute Gasteiger partial charge is 0.338 e. The molecule has 0 bridgehead atoms. The molecule has 1 aliphatic heterocycles. The molecule has 0 amide bonds. The smallest absolute Gasteiger partial charge is 0.241 e. The van der Waals surface area contributed by atoms with E-state index >= 15 is 0 Å². The lowest BCUT2D eigenvalue weighted by Gasteiger charge is -2.33. The molecule has 0 aromatic carbocycles. The molecule has 0 radical (unpaired) electrons. The van der Waals surface area contributed by atoms with Gasteiger partial charge in [0, 0.05) is 63.6 Å². The van der Waals surface area contributed by atoms with E-state index in [-0.39, 0.29) is 0 Å². The average molecular weight is 339 g/mol. The summed E-state index contributed by atoms with van der Waals surface area (Å²) in [5.74, 6) is 2.35. The minimum absolute atomic E-state index is 0.594. The van der Waals surface area contributed by atoms with Crippen LogP contribution in [0.25, 0.3) is 11.4 Å². The van der Waals surface area contributed by atoms with Crippen molar-refractivity contribution in [3.63, 3.8) is 0 Å². The molecule has 8 heteroatoms. The summed E-state index contributed by atoms with van der Waals surface area (Å²) >= 11 is 0. The van der Waals surface area contributed by atoms with Gasteiger partial charge in [-0.3, -0.25) is 14.8 Å². The van der Waals surface area contributed by atoms with Gasteiger partial charge < -0.3 is 9.09 Å². The van der Waals surface area contributed by atoms with Crippen LogP contribution in [-0.4, -0.2) is 60.7 Å². The molecule has 0 atom stereocenters. The number of imidazole rings is 1. The van der Waals surface area contributed by atoms with E-state index < -0.39 is 0 Å². The summed E-state index contributed by atoms with van der Waals surface area (Å²) in [6.45, 7) is 5.56. The van der Waals surface area contributed by atoms with Crippen LogP contribution in [0.15, 0.2) is 41.4 Å². The second-order valence-electron chi connectivity index (χ2n) is 6.26. The quantitative estimate of drug-likeness (QED) is 0.691. The SMILES string of the molecule is Cn1ccnc1CN1CCN(Cc2nc(-c3cccnc3)no2)CC1. The van der Waals surface area contributed by atoms with Crippen molar-refractivity contribution >= 4 is 0 Å². The van der Waals surface area contributed by atoms with Gasteiger partial charge in [-0.25, -0.2) is 4.98 Å². The van der Waals surface area contributed by atoms with E-state index in [0.717, 1.165) is 44.1 Å². The Morgan fingerprint density at radius 1 is 1.08 bits per heavy atom. The number of nitrogens with zero attached hydrogens (tertiary/aromatic N) is 7. The highest BCUT2D eigenvalue weighted by atomic mass is 16.5. The molecule has 25 heavy (non-hydrogen) atoms. The standard InChI is InChI=1S/C17H21N7O/c1-22-6-5-19-15(22)12-23-7-9-24(10-8-23)13-16-20-17(21-25-16)14-3-2-4-18-11-14/h2-6,11H,7-10,12-13H2,1H3. The van der Waals surface area contributed by atoms with Crippen molar-refractivity contribution in [1.82, 2.24) is 34.5 Å². The zero-order valence-corrected chi connectivity index (χ0v) is 14.2. The molecule has 0 spiro atoms. The van der Waals surface area contributed by atoms with Crippen LogP contribution in [0.2, 0.25) is 0 Å². The van der Waals surface area contributed by atoms with Crippen LogP contribution in [0.5, 0.6) is 0 Å². The van der Waals surface area contributed by atoms with Crippen LogP contribution in [-0.2, 0) is 20.1 Å². The van der Waals surface area contributed by atoms with Crippen LogP contribution in [0.4, 0.5) is 0 Å². The molecule has 130 valence electrons. The third-order valence-corrected chi connectivity index (χ3v) is 4.50. The van der Waals surface area contributed by atoms with Crippen molar-refractivity contribution in [1.29, 1.82) is 0 Å². The summed E-state index contributed by atoms with van der Waals surface area (Å²) in [6, 6.07) is 3.80. The van der Waals surface area contributed by atoms with E-state index in [2.05, 4.69) is 34.5 Å². The topological polar surface area (TPSA) is 76.1 Å². The molecular formula is C17H21N7O. The highest BCUT2D eigenvalue weighted by Gasteiger charge is 2.20. The van der Waals surface area contributed by atoms with E-state index in [0.29, 0.717) is 18.3 Å². The zero-order valence-electron chi connectivity index (χ0n) is 14.2. The maximum Gasteiger partial charge on any atom is 0.241 e. The van der Waals surface area contributed by atoms with E-state index in [1.54, 1.807) is 12.4 Å². The predicted octanol–water partition coefficient (Wildman–Crippen LogP) is 1.18. The minimum atomic E-state index is 0.594. The third-order valence-electron chi connectivity index (χ3n) is 4.50. The molecule has 0 saturated carbocycles.